The van der Waals surface area contributed by atoms with E-state index in [9.17, 15) is 13.2 Å². The Bertz CT molecular complexity index is 580. The van der Waals surface area contributed by atoms with Crippen molar-refractivity contribution in [2.24, 2.45) is 0 Å². The summed E-state index contributed by atoms with van der Waals surface area (Å²) in [6, 6.07) is 0. The third kappa shape index (κ3) is 3.24. The van der Waals surface area contributed by atoms with Crippen LogP contribution < -0.4 is 5.32 Å². The van der Waals surface area contributed by atoms with Gasteiger partial charge in [-0.15, -0.1) is 11.3 Å². The lowest BCUT2D eigenvalue weighted by Gasteiger charge is -2.04. The number of carboxylic acid groups (broad SMARTS) is 1. The minimum atomic E-state index is -2.99. The molecule has 2 rings (SSSR count). The Morgan fingerprint density at radius 1 is 1.58 bits per heavy atom. The first-order chi connectivity index (χ1) is 8.93. The van der Waals surface area contributed by atoms with E-state index in [2.05, 4.69) is 10.3 Å². The van der Waals surface area contributed by atoms with Crippen molar-refractivity contribution in [3.05, 3.63) is 10.6 Å². The second-order valence-electron chi connectivity index (χ2n) is 4.42. The number of rotatable bonds is 6. The standard InChI is InChI=1S/C11H16N2O4S2/c1-2-19(16,17)6-5-12-11-13-9-7(10(14)15)3-4-8(9)18-11/h7H,2-6H2,1H3,(H,12,13)(H,14,15). The Balaban J connectivity index is 1.97. The lowest BCUT2D eigenvalue weighted by molar-refractivity contribution is -0.138. The van der Waals surface area contributed by atoms with Crippen LogP contribution in [0.1, 0.15) is 29.8 Å². The number of hydrogen-bond donors (Lipinski definition) is 2. The van der Waals surface area contributed by atoms with E-state index in [1.54, 1.807) is 6.92 Å². The van der Waals surface area contributed by atoms with E-state index in [1.807, 2.05) is 0 Å². The Morgan fingerprint density at radius 2 is 2.32 bits per heavy atom. The molecule has 0 aliphatic heterocycles. The first-order valence-electron chi connectivity index (χ1n) is 6.09. The van der Waals surface area contributed by atoms with Gasteiger partial charge in [0.2, 0.25) is 0 Å². The fraction of sp³-hybridized carbons (Fsp3) is 0.636. The van der Waals surface area contributed by atoms with Gasteiger partial charge in [0.15, 0.2) is 15.0 Å². The summed E-state index contributed by atoms with van der Waals surface area (Å²) in [5.74, 6) is -1.16. The van der Waals surface area contributed by atoms with Gasteiger partial charge in [-0.25, -0.2) is 13.4 Å². The number of aliphatic carboxylic acids is 1. The molecule has 0 bridgehead atoms. The van der Waals surface area contributed by atoms with Crippen LogP contribution in [0, 0.1) is 0 Å². The molecule has 6 nitrogen and oxygen atoms in total. The van der Waals surface area contributed by atoms with Crippen LogP contribution in [0.25, 0.3) is 0 Å². The highest BCUT2D eigenvalue weighted by Crippen LogP contribution is 2.38. The molecule has 0 fully saturated rings. The van der Waals surface area contributed by atoms with Crippen LogP contribution in [-0.2, 0) is 21.1 Å². The number of anilines is 1. The topological polar surface area (TPSA) is 96.4 Å². The number of fused-ring (bicyclic) bond motifs is 1. The van der Waals surface area contributed by atoms with Gasteiger partial charge in [0.05, 0.1) is 11.4 Å². The molecule has 0 aromatic carbocycles. The molecule has 0 radical (unpaired) electrons. The lowest BCUT2D eigenvalue weighted by atomic mass is 10.1. The summed E-state index contributed by atoms with van der Waals surface area (Å²) in [5, 5.41) is 12.6. The van der Waals surface area contributed by atoms with Crippen LogP contribution >= 0.6 is 11.3 Å². The summed E-state index contributed by atoms with van der Waals surface area (Å²) < 4.78 is 22.7. The second kappa shape index (κ2) is 5.46. The molecule has 0 saturated carbocycles. The fourth-order valence-corrected chi connectivity index (χ4v) is 3.77. The number of sulfone groups is 1. The van der Waals surface area contributed by atoms with Crippen molar-refractivity contribution in [2.75, 3.05) is 23.4 Å². The van der Waals surface area contributed by atoms with Gasteiger partial charge in [0.25, 0.3) is 0 Å². The average molecular weight is 304 g/mol. The van der Waals surface area contributed by atoms with Crippen LogP contribution in [-0.4, -0.2) is 42.5 Å². The highest BCUT2D eigenvalue weighted by Gasteiger charge is 2.32. The summed E-state index contributed by atoms with van der Waals surface area (Å²) in [6.45, 7) is 1.92. The molecule has 2 N–H and O–H groups in total. The van der Waals surface area contributed by atoms with Crippen molar-refractivity contribution in [1.29, 1.82) is 0 Å². The van der Waals surface area contributed by atoms with Gasteiger partial charge in [-0.2, -0.15) is 0 Å². The molecule has 0 spiro atoms. The number of aryl methyl sites for hydroxylation is 1. The Morgan fingerprint density at radius 3 is 2.95 bits per heavy atom. The number of carbonyl (C=O) groups is 1. The second-order valence-corrected chi connectivity index (χ2v) is 7.98. The zero-order valence-electron chi connectivity index (χ0n) is 10.5. The van der Waals surface area contributed by atoms with E-state index in [1.165, 1.54) is 11.3 Å². The first kappa shape index (κ1) is 14.3. The zero-order valence-corrected chi connectivity index (χ0v) is 12.2. The predicted octanol–water partition coefficient (Wildman–Crippen LogP) is 1.10. The Hall–Kier alpha value is -1.15. The van der Waals surface area contributed by atoms with Crippen molar-refractivity contribution in [1.82, 2.24) is 4.98 Å². The van der Waals surface area contributed by atoms with Crippen LogP contribution in [0.2, 0.25) is 0 Å². The van der Waals surface area contributed by atoms with Crippen molar-refractivity contribution in [3.8, 4) is 0 Å². The normalized spacial score (nSPS) is 18.3. The Kier molecular flexibility index (Phi) is 4.10. The minimum Gasteiger partial charge on any atom is -0.481 e. The summed E-state index contributed by atoms with van der Waals surface area (Å²) in [5.41, 5.74) is 0.637. The van der Waals surface area contributed by atoms with Crippen molar-refractivity contribution >= 4 is 32.3 Å². The minimum absolute atomic E-state index is 0.0656. The number of aromatic nitrogens is 1. The number of thiazole rings is 1. The van der Waals surface area contributed by atoms with E-state index < -0.39 is 21.7 Å². The van der Waals surface area contributed by atoms with Gasteiger partial charge in [-0.05, 0) is 12.8 Å². The van der Waals surface area contributed by atoms with Gasteiger partial charge < -0.3 is 10.4 Å². The molecule has 1 aromatic rings. The van der Waals surface area contributed by atoms with Crippen LogP contribution in [0.5, 0.6) is 0 Å². The van der Waals surface area contributed by atoms with Crippen LogP contribution in [0.15, 0.2) is 0 Å². The molecule has 0 saturated heterocycles. The molecule has 19 heavy (non-hydrogen) atoms. The first-order valence-corrected chi connectivity index (χ1v) is 8.73. The average Bonchev–Trinajstić information content (AvgIpc) is 2.87. The van der Waals surface area contributed by atoms with Gasteiger partial charge in [0, 0.05) is 17.2 Å². The van der Waals surface area contributed by atoms with Gasteiger partial charge in [-0.3, -0.25) is 4.79 Å². The molecular weight excluding hydrogens is 288 g/mol. The van der Waals surface area contributed by atoms with E-state index in [0.717, 1.165) is 11.3 Å². The SMILES string of the molecule is CCS(=O)(=O)CCNc1nc2c(s1)CCC2C(=O)O. The van der Waals surface area contributed by atoms with E-state index in [-0.39, 0.29) is 11.5 Å². The number of carboxylic acids is 1. The smallest absolute Gasteiger partial charge is 0.312 e. The Labute approximate surface area is 115 Å². The molecule has 106 valence electrons. The molecule has 1 aliphatic carbocycles. The summed E-state index contributed by atoms with van der Waals surface area (Å²) >= 11 is 1.42. The third-order valence-corrected chi connectivity index (χ3v) is 5.94. The molecule has 1 heterocycles. The molecule has 1 aromatic heterocycles. The van der Waals surface area contributed by atoms with Gasteiger partial charge in [-0.1, -0.05) is 6.92 Å². The molecule has 1 unspecified atom stereocenters. The molecule has 0 amide bonds. The molecular formula is C11H16N2O4S2. The third-order valence-electron chi connectivity index (χ3n) is 3.14. The van der Waals surface area contributed by atoms with Crippen LogP contribution in [0.3, 0.4) is 0 Å². The van der Waals surface area contributed by atoms with E-state index >= 15 is 0 Å². The monoisotopic (exact) mass is 304 g/mol. The van der Waals surface area contributed by atoms with Crippen molar-refractivity contribution < 1.29 is 18.3 Å². The van der Waals surface area contributed by atoms with Crippen molar-refractivity contribution in [2.45, 2.75) is 25.7 Å². The maximum absolute atomic E-state index is 11.3. The summed E-state index contributed by atoms with van der Waals surface area (Å²) in [4.78, 5) is 16.3. The van der Waals surface area contributed by atoms with E-state index in [4.69, 9.17) is 5.11 Å². The summed E-state index contributed by atoms with van der Waals surface area (Å²) in [6.07, 6.45) is 1.34. The van der Waals surface area contributed by atoms with Crippen LogP contribution in [0.4, 0.5) is 5.13 Å². The fourth-order valence-electron chi connectivity index (χ4n) is 2.00. The maximum atomic E-state index is 11.3. The van der Waals surface area contributed by atoms with E-state index in [0.29, 0.717) is 23.8 Å². The lowest BCUT2D eigenvalue weighted by Crippen LogP contribution is -2.17. The van der Waals surface area contributed by atoms with Crippen molar-refractivity contribution in [3.63, 3.8) is 0 Å². The number of hydrogen-bond acceptors (Lipinski definition) is 6. The van der Waals surface area contributed by atoms with Gasteiger partial charge >= 0.3 is 5.97 Å². The number of nitrogens with zero attached hydrogens (tertiary/aromatic N) is 1. The highest BCUT2D eigenvalue weighted by molar-refractivity contribution is 7.91. The summed E-state index contributed by atoms with van der Waals surface area (Å²) in [7, 11) is -2.99. The quantitative estimate of drug-likeness (QED) is 0.817. The maximum Gasteiger partial charge on any atom is 0.312 e. The molecule has 8 heteroatoms. The highest BCUT2D eigenvalue weighted by atomic mass is 32.2. The largest absolute Gasteiger partial charge is 0.481 e. The zero-order chi connectivity index (χ0) is 14.0. The predicted molar refractivity (Wildman–Crippen MR) is 73.6 cm³/mol. The van der Waals surface area contributed by atoms with Gasteiger partial charge in [0.1, 0.15) is 5.92 Å². The number of nitrogens with one attached hydrogen (secondary N) is 1. The molecule has 1 atom stereocenters. The molecule has 1 aliphatic rings.